The van der Waals surface area contributed by atoms with Crippen LogP contribution in [0.5, 0.6) is 0 Å². The molecule has 0 bridgehead atoms. The second-order valence-corrected chi connectivity index (χ2v) is 6.70. The van der Waals surface area contributed by atoms with E-state index in [4.69, 9.17) is 46.1 Å². The van der Waals surface area contributed by atoms with Gasteiger partial charge in [0.15, 0.2) is 0 Å². The lowest BCUT2D eigenvalue weighted by atomic mass is 10.1. The molecule has 0 spiro atoms. The molecule has 1 unspecified atom stereocenters. The Balaban J connectivity index is 2.13. The van der Waals surface area contributed by atoms with Gasteiger partial charge in [0.25, 0.3) is 0 Å². The third-order valence-corrected chi connectivity index (χ3v) is 4.83. The number of halogens is 2. The zero-order valence-electron chi connectivity index (χ0n) is 11.1. The average molecular weight is 328 g/mol. The summed E-state index contributed by atoms with van der Waals surface area (Å²) in [6.07, 6.45) is 2.37. The lowest BCUT2D eigenvalue weighted by Crippen LogP contribution is -2.23. The van der Waals surface area contributed by atoms with Crippen LogP contribution in [0.2, 0.25) is 10.0 Å². The molecular formula is C14H15Cl2N3S. The van der Waals surface area contributed by atoms with Crippen LogP contribution in [0, 0.1) is 5.92 Å². The maximum absolute atomic E-state index is 6.14. The average Bonchev–Trinajstić information content (AvgIpc) is 3.17. The summed E-state index contributed by atoms with van der Waals surface area (Å²) in [4.78, 5) is 5.25. The highest BCUT2D eigenvalue weighted by Gasteiger charge is 2.30. The first-order valence-electron chi connectivity index (χ1n) is 6.62. The molecule has 6 heteroatoms. The predicted molar refractivity (Wildman–Crippen MR) is 87.7 cm³/mol. The minimum Gasteiger partial charge on any atom is -0.393 e. The van der Waals surface area contributed by atoms with Crippen molar-refractivity contribution in [2.24, 2.45) is 11.7 Å². The first-order chi connectivity index (χ1) is 9.47. The van der Waals surface area contributed by atoms with Gasteiger partial charge in [0, 0.05) is 18.4 Å². The van der Waals surface area contributed by atoms with Crippen LogP contribution in [0.3, 0.4) is 0 Å². The predicted octanol–water partition coefficient (Wildman–Crippen LogP) is 4.14. The summed E-state index contributed by atoms with van der Waals surface area (Å²) in [6, 6.07) is 3.71. The molecule has 1 heterocycles. The molecule has 1 aromatic carbocycles. The number of aromatic nitrogens is 2. The third kappa shape index (κ3) is 2.52. The van der Waals surface area contributed by atoms with Crippen molar-refractivity contribution < 1.29 is 0 Å². The normalized spacial score (nSPS) is 16.6. The van der Waals surface area contributed by atoms with Crippen molar-refractivity contribution in [3.8, 4) is 0 Å². The Hall–Kier alpha value is -0.840. The van der Waals surface area contributed by atoms with Gasteiger partial charge in [-0.1, -0.05) is 42.3 Å². The molecule has 2 aromatic rings. The molecular weight excluding hydrogens is 313 g/mol. The molecule has 0 radical (unpaired) electrons. The molecule has 106 valence electrons. The van der Waals surface area contributed by atoms with Gasteiger partial charge >= 0.3 is 0 Å². The summed E-state index contributed by atoms with van der Waals surface area (Å²) in [5.41, 5.74) is 7.63. The zero-order valence-corrected chi connectivity index (χ0v) is 13.4. The maximum Gasteiger partial charge on any atom is 0.113 e. The minimum atomic E-state index is 0.120. The van der Waals surface area contributed by atoms with Crippen molar-refractivity contribution in [1.82, 2.24) is 9.55 Å². The van der Waals surface area contributed by atoms with Crippen LogP contribution in [0.4, 0.5) is 0 Å². The number of benzene rings is 1. The van der Waals surface area contributed by atoms with Crippen LogP contribution < -0.4 is 5.73 Å². The Bertz CT molecular complexity index is 691. The summed E-state index contributed by atoms with van der Waals surface area (Å²) in [6.45, 7) is 2.76. The Morgan fingerprint density at radius 1 is 1.45 bits per heavy atom. The van der Waals surface area contributed by atoms with E-state index in [9.17, 15) is 0 Å². The first kappa shape index (κ1) is 14.1. The second kappa shape index (κ2) is 5.17. The van der Waals surface area contributed by atoms with Crippen LogP contribution in [0.1, 0.15) is 31.5 Å². The smallest absolute Gasteiger partial charge is 0.113 e. The van der Waals surface area contributed by atoms with Crippen LogP contribution in [-0.4, -0.2) is 14.5 Å². The zero-order chi connectivity index (χ0) is 14.4. The first-order valence-corrected chi connectivity index (χ1v) is 7.78. The molecule has 3 rings (SSSR count). The molecule has 1 aromatic heterocycles. The van der Waals surface area contributed by atoms with E-state index in [0.717, 1.165) is 23.4 Å². The number of hydrogen-bond acceptors (Lipinski definition) is 2. The molecule has 1 aliphatic rings. The quantitative estimate of drug-likeness (QED) is 0.858. The second-order valence-electron chi connectivity index (χ2n) is 5.41. The summed E-state index contributed by atoms with van der Waals surface area (Å²) < 4.78 is 2.19. The lowest BCUT2D eigenvalue weighted by molar-refractivity contribution is 0.587. The van der Waals surface area contributed by atoms with Crippen LogP contribution in [0.15, 0.2) is 12.1 Å². The minimum absolute atomic E-state index is 0.120. The summed E-state index contributed by atoms with van der Waals surface area (Å²) >= 11 is 17.3. The molecule has 1 saturated carbocycles. The van der Waals surface area contributed by atoms with Crippen LogP contribution in [-0.2, 0) is 6.54 Å². The van der Waals surface area contributed by atoms with Crippen molar-refractivity contribution in [2.45, 2.75) is 32.2 Å². The van der Waals surface area contributed by atoms with Crippen molar-refractivity contribution >= 4 is 51.4 Å². The van der Waals surface area contributed by atoms with Gasteiger partial charge in [-0.15, -0.1) is 0 Å². The fourth-order valence-electron chi connectivity index (χ4n) is 2.35. The fraction of sp³-hybridized carbons (Fsp3) is 0.429. The Morgan fingerprint density at radius 2 is 2.10 bits per heavy atom. The van der Waals surface area contributed by atoms with E-state index in [1.54, 1.807) is 0 Å². The number of thiocarbonyl (C=S) groups is 1. The number of nitrogens with zero attached hydrogens (tertiary/aromatic N) is 2. The Labute approximate surface area is 133 Å². The molecule has 1 aliphatic carbocycles. The van der Waals surface area contributed by atoms with Gasteiger partial charge in [0.05, 0.1) is 26.1 Å². The van der Waals surface area contributed by atoms with Gasteiger partial charge in [-0.3, -0.25) is 0 Å². The van der Waals surface area contributed by atoms with Crippen molar-refractivity contribution in [2.75, 3.05) is 0 Å². The van der Waals surface area contributed by atoms with E-state index >= 15 is 0 Å². The fourth-order valence-corrected chi connectivity index (χ4v) is 2.74. The number of imidazole rings is 1. The molecule has 1 fully saturated rings. The van der Waals surface area contributed by atoms with Gasteiger partial charge in [-0.25, -0.2) is 4.98 Å². The van der Waals surface area contributed by atoms with E-state index in [0.29, 0.717) is 21.0 Å². The topological polar surface area (TPSA) is 43.8 Å². The van der Waals surface area contributed by atoms with E-state index in [1.165, 1.54) is 12.8 Å². The van der Waals surface area contributed by atoms with Crippen molar-refractivity contribution in [1.29, 1.82) is 0 Å². The molecule has 3 nitrogen and oxygen atoms in total. The largest absolute Gasteiger partial charge is 0.393 e. The number of hydrogen-bond donors (Lipinski definition) is 1. The highest BCUT2D eigenvalue weighted by molar-refractivity contribution is 7.80. The van der Waals surface area contributed by atoms with Gasteiger partial charge in [-0.05, 0) is 25.0 Å². The third-order valence-electron chi connectivity index (χ3n) is 3.70. The van der Waals surface area contributed by atoms with Gasteiger partial charge in [0.2, 0.25) is 0 Å². The molecule has 0 amide bonds. The van der Waals surface area contributed by atoms with Gasteiger partial charge < -0.3 is 10.3 Å². The van der Waals surface area contributed by atoms with E-state index < -0.39 is 0 Å². The SMILES string of the molecule is CC(Cn1c(C2CC2)nc2cc(Cl)c(Cl)cc21)C(N)=S. The standard InChI is InChI=1S/C14H15Cl2N3S/c1-7(13(17)20)6-19-12-5-10(16)9(15)4-11(12)18-14(19)8-2-3-8/h4-5,7-8H,2-3,6H2,1H3,(H2,17,20). The van der Waals surface area contributed by atoms with Crippen LogP contribution >= 0.6 is 35.4 Å². The van der Waals surface area contributed by atoms with E-state index in [1.807, 2.05) is 19.1 Å². The molecule has 2 N–H and O–H groups in total. The highest BCUT2D eigenvalue weighted by atomic mass is 35.5. The summed E-state index contributed by atoms with van der Waals surface area (Å²) in [7, 11) is 0. The van der Waals surface area contributed by atoms with Crippen LogP contribution in [0.25, 0.3) is 11.0 Å². The highest BCUT2D eigenvalue weighted by Crippen LogP contribution is 2.41. The summed E-state index contributed by atoms with van der Waals surface area (Å²) in [5, 5.41) is 1.08. The number of nitrogens with two attached hydrogens (primary N) is 1. The molecule has 20 heavy (non-hydrogen) atoms. The van der Waals surface area contributed by atoms with Crippen molar-refractivity contribution in [3.05, 3.63) is 28.0 Å². The van der Waals surface area contributed by atoms with E-state index in [2.05, 4.69) is 4.57 Å². The number of rotatable bonds is 4. The van der Waals surface area contributed by atoms with Gasteiger partial charge in [-0.2, -0.15) is 0 Å². The van der Waals surface area contributed by atoms with Gasteiger partial charge in [0.1, 0.15) is 5.82 Å². The Morgan fingerprint density at radius 3 is 2.70 bits per heavy atom. The molecule has 0 saturated heterocycles. The molecule has 1 atom stereocenters. The lowest BCUT2D eigenvalue weighted by Gasteiger charge is -2.14. The Kier molecular flexibility index (Phi) is 3.65. The van der Waals surface area contributed by atoms with Crippen molar-refractivity contribution in [3.63, 3.8) is 0 Å². The molecule has 0 aliphatic heterocycles. The monoisotopic (exact) mass is 327 g/mol. The maximum atomic E-state index is 6.14. The summed E-state index contributed by atoms with van der Waals surface area (Å²) in [5.74, 6) is 1.76. The number of fused-ring (bicyclic) bond motifs is 1. The van der Waals surface area contributed by atoms with E-state index in [-0.39, 0.29) is 5.92 Å².